The van der Waals surface area contributed by atoms with Crippen molar-refractivity contribution < 1.29 is 19.0 Å². The van der Waals surface area contributed by atoms with Gasteiger partial charge in [-0.2, -0.15) is 4.98 Å². The number of nitrogens with one attached hydrogen (secondary N) is 1. The first-order valence-electron chi connectivity index (χ1n) is 15.0. The Balaban J connectivity index is 1.48. The topological polar surface area (TPSA) is 111 Å². The van der Waals surface area contributed by atoms with E-state index in [1.165, 1.54) is 6.08 Å². The van der Waals surface area contributed by atoms with Crippen molar-refractivity contribution >= 4 is 22.9 Å². The molecule has 4 heterocycles. The molecule has 2 aromatic heterocycles. The second kappa shape index (κ2) is 13.6. The third kappa shape index (κ3) is 6.52. The van der Waals surface area contributed by atoms with E-state index < -0.39 is 0 Å². The van der Waals surface area contributed by atoms with Crippen molar-refractivity contribution in [2.45, 2.75) is 45.8 Å². The van der Waals surface area contributed by atoms with Crippen LogP contribution < -0.4 is 20.3 Å². The summed E-state index contributed by atoms with van der Waals surface area (Å²) >= 11 is 0. The third-order valence-electron chi connectivity index (χ3n) is 8.51. The monoisotopic (exact) mass is 590 g/mol. The molecular formula is C32H42N6O5. The lowest BCUT2D eigenvalue weighted by Gasteiger charge is -2.34. The predicted molar refractivity (Wildman–Crippen MR) is 167 cm³/mol. The summed E-state index contributed by atoms with van der Waals surface area (Å²) < 4.78 is 18.8. The molecule has 1 unspecified atom stereocenters. The van der Waals surface area contributed by atoms with Crippen molar-refractivity contribution in [1.82, 2.24) is 24.3 Å². The number of hydrogen-bond acceptors (Lipinski definition) is 9. The molecular weight excluding hydrogens is 548 g/mol. The lowest BCUT2D eigenvalue weighted by molar-refractivity contribution is -0.127. The summed E-state index contributed by atoms with van der Waals surface area (Å²) in [5.74, 6) is 1.75. The van der Waals surface area contributed by atoms with Gasteiger partial charge in [0.15, 0.2) is 0 Å². The van der Waals surface area contributed by atoms with Gasteiger partial charge in [-0.05, 0) is 62.9 Å². The Morgan fingerprint density at radius 3 is 2.47 bits per heavy atom. The molecule has 2 saturated heterocycles. The number of pyridine rings is 1. The fourth-order valence-corrected chi connectivity index (χ4v) is 6.11. The molecule has 11 nitrogen and oxygen atoms in total. The first kappa shape index (κ1) is 30.5. The van der Waals surface area contributed by atoms with Gasteiger partial charge < -0.3 is 24.4 Å². The van der Waals surface area contributed by atoms with E-state index in [9.17, 15) is 9.59 Å². The highest BCUT2D eigenvalue weighted by Gasteiger charge is 2.23. The van der Waals surface area contributed by atoms with Gasteiger partial charge in [0.05, 0.1) is 20.3 Å². The highest BCUT2D eigenvalue weighted by Crippen LogP contribution is 2.38. The van der Waals surface area contributed by atoms with Crippen LogP contribution in [-0.4, -0.2) is 96.4 Å². The average molecular weight is 591 g/mol. The van der Waals surface area contributed by atoms with Gasteiger partial charge in [-0.1, -0.05) is 6.58 Å². The summed E-state index contributed by atoms with van der Waals surface area (Å²) in [4.78, 5) is 39.8. The number of amides is 1. The van der Waals surface area contributed by atoms with Crippen LogP contribution in [0.1, 0.15) is 30.4 Å². The van der Waals surface area contributed by atoms with Crippen LogP contribution in [0.5, 0.6) is 11.5 Å². The first-order chi connectivity index (χ1) is 20.8. The standard InChI is InChI=1S/C32H42N6O5/c1-6-28(39)37-14-12-36(13-15-37)10-8-11-38-30-23(19-33-32(35-30)34-20-24-9-7-16-43-24)17-25(31(38)40)29-21(2)26(41-4)18-27(42-5)22(29)3/h6,17-19,24H,1,7-16,20H2,2-5H3,(H,33,34,35). The number of anilines is 1. The van der Waals surface area contributed by atoms with Crippen LogP contribution in [0.3, 0.4) is 0 Å². The minimum Gasteiger partial charge on any atom is -0.496 e. The zero-order valence-electron chi connectivity index (χ0n) is 25.6. The largest absolute Gasteiger partial charge is 0.496 e. The van der Waals surface area contributed by atoms with Crippen LogP contribution in [0.2, 0.25) is 0 Å². The van der Waals surface area contributed by atoms with Crippen molar-refractivity contribution in [3.8, 4) is 22.6 Å². The Bertz CT molecular complexity index is 1510. The molecule has 2 fully saturated rings. The molecule has 3 aromatic rings. The van der Waals surface area contributed by atoms with Crippen molar-refractivity contribution in [3.63, 3.8) is 0 Å². The smallest absolute Gasteiger partial charge is 0.260 e. The van der Waals surface area contributed by atoms with E-state index in [0.29, 0.717) is 54.8 Å². The van der Waals surface area contributed by atoms with Crippen LogP contribution >= 0.6 is 0 Å². The third-order valence-corrected chi connectivity index (χ3v) is 8.51. The average Bonchev–Trinajstić information content (AvgIpc) is 3.55. The number of benzene rings is 1. The number of piperazine rings is 1. The molecule has 43 heavy (non-hydrogen) atoms. The van der Waals surface area contributed by atoms with Crippen molar-refractivity contribution in [2.75, 3.05) is 65.4 Å². The lowest BCUT2D eigenvalue weighted by atomic mass is 9.94. The van der Waals surface area contributed by atoms with E-state index in [1.807, 2.05) is 30.9 Å². The van der Waals surface area contributed by atoms with Gasteiger partial charge in [0.1, 0.15) is 17.1 Å². The normalized spacial score (nSPS) is 17.3. The summed E-state index contributed by atoms with van der Waals surface area (Å²) in [5, 5.41) is 4.08. The number of fused-ring (bicyclic) bond motifs is 1. The van der Waals surface area contributed by atoms with Crippen molar-refractivity contribution in [2.24, 2.45) is 0 Å². The van der Waals surface area contributed by atoms with Gasteiger partial charge in [-0.25, -0.2) is 4.98 Å². The second-order valence-corrected chi connectivity index (χ2v) is 11.1. The maximum atomic E-state index is 14.3. The highest BCUT2D eigenvalue weighted by atomic mass is 16.5. The van der Waals surface area contributed by atoms with E-state index in [0.717, 1.165) is 67.6 Å². The Kier molecular flexibility index (Phi) is 9.62. The summed E-state index contributed by atoms with van der Waals surface area (Å²) in [6.07, 6.45) is 6.09. The molecule has 0 bridgehead atoms. The maximum Gasteiger partial charge on any atom is 0.260 e. The van der Waals surface area contributed by atoms with E-state index in [4.69, 9.17) is 19.2 Å². The summed E-state index contributed by atoms with van der Waals surface area (Å²) in [7, 11) is 3.23. The summed E-state index contributed by atoms with van der Waals surface area (Å²) in [5.41, 5.74) is 3.54. The van der Waals surface area contributed by atoms with Crippen LogP contribution in [-0.2, 0) is 16.1 Å². The highest BCUT2D eigenvalue weighted by molar-refractivity contribution is 5.87. The molecule has 1 aromatic carbocycles. The zero-order valence-corrected chi connectivity index (χ0v) is 25.6. The van der Waals surface area contributed by atoms with E-state index in [-0.39, 0.29) is 17.6 Å². The number of carbonyl (C=O) groups excluding carboxylic acids is 1. The molecule has 2 aliphatic heterocycles. The number of methoxy groups -OCH3 is 2. The van der Waals surface area contributed by atoms with Gasteiger partial charge in [0, 0.05) is 74.7 Å². The van der Waals surface area contributed by atoms with E-state index >= 15 is 0 Å². The number of nitrogens with zero attached hydrogens (tertiary/aromatic N) is 5. The SMILES string of the molecule is C=CC(=O)N1CCN(CCCn2c(=O)c(-c3c(C)c(OC)cc(OC)c3C)cc3cnc(NCC4CCCO4)nc32)CC1. The predicted octanol–water partition coefficient (Wildman–Crippen LogP) is 3.40. The van der Waals surface area contributed by atoms with Crippen molar-refractivity contribution in [1.29, 1.82) is 0 Å². The quantitative estimate of drug-likeness (QED) is 0.336. The Morgan fingerprint density at radius 1 is 1.12 bits per heavy atom. The number of aromatic nitrogens is 3. The first-order valence-corrected chi connectivity index (χ1v) is 15.0. The minimum absolute atomic E-state index is 0.0298. The molecule has 1 N–H and O–H groups in total. The fourth-order valence-electron chi connectivity index (χ4n) is 6.11. The number of hydrogen-bond donors (Lipinski definition) is 1. The minimum atomic E-state index is -0.126. The molecule has 1 amide bonds. The molecule has 5 rings (SSSR count). The molecule has 0 spiro atoms. The van der Waals surface area contributed by atoms with E-state index in [1.54, 1.807) is 25.0 Å². The van der Waals surface area contributed by atoms with Gasteiger partial charge in [-0.15, -0.1) is 0 Å². The second-order valence-electron chi connectivity index (χ2n) is 11.1. The number of carbonyl (C=O) groups is 1. The van der Waals surface area contributed by atoms with Crippen LogP contribution in [0.25, 0.3) is 22.2 Å². The van der Waals surface area contributed by atoms with Gasteiger partial charge >= 0.3 is 0 Å². The van der Waals surface area contributed by atoms with Crippen LogP contribution in [0.4, 0.5) is 5.95 Å². The number of rotatable bonds is 11. The van der Waals surface area contributed by atoms with Gasteiger partial charge in [-0.3, -0.25) is 19.1 Å². The molecule has 0 radical (unpaired) electrons. The lowest BCUT2D eigenvalue weighted by Crippen LogP contribution is -2.48. The summed E-state index contributed by atoms with van der Waals surface area (Å²) in [6.45, 7) is 13.1. The van der Waals surface area contributed by atoms with Crippen molar-refractivity contribution in [3.05, 3.63) is 52.5 Å². The van der Waals surface area contributed by atoms with Gasteiger partial charge in [0.2, 0.25) is 11.9 Å². The molecule has 230 valence electrons. The van der Waals surface area contributed by atoms with Gasteiger partial charge in [0.25, 0.3) is 5.56 Å². The Labute approximate surface area is 252 Å². The van der Waals surface area contributed by atoms with E-state index in [2.05, 4.69) is 21.8 Å². The molecule has 1 atom stereocenters. The fraction of sp³-hybridized carbons (Fsp3) is 0.500. The molecule has 0 saturated carbocycles. The maximum absolute atomic E-state index is 14.3. The number of aryl methyl sites for hydroxylation is 1. The zero-order chi connectivity index (χ0) is 30.5. The molecule has 2 aliphatic rings. The van der Waals surface area contributed by atoms with Crippen LogP contribution in [0, 0.1) is 13.8 Å². The summed E-state index contributed by atoms with van der Waals surface area (Å²) in [6, 6.07) is 3.73. The Morgan fingerprint density at radius 2 is 1.84 bits per heavy atom. The number of ether oxygens (including phenoxy) is 3. The van der Waals surface area contributed by atoms with Crippen LogP contribution in [0.15, 0.2) is 35.8 Å². The Hall–Kier alpha value is -3.96. The molecule has 0 aliphatic carbocycles. The molecule has 11 heteroatoms.